The van der Waals surface area contributed by atoms with Crippen LogP contribution in [-0.4, -0.2) is 6.10 Å². The van der Waals surface area contributed by atoms with Gasteiger partial charge in [-0.05, 0) is 13.0 Å². The number of nitrogens with two attached hydrogens (primary N) is 1. The zero-order valence-electron chi connectivity index (χ0n) is 7.55. The minimum absolute atomic E-state index is 0.0198. The average Bonchev–Trinajstić information content (AvgIpc) is 2.14. The molecule has 0 bridgehead atoms. The predicted molar refractivity (Wildman–Crippen MR) is 54.7 cm³/mol. The van der Waals surface area contributed by atoms with Crippen LogP contribution in [0.3, 0.4) is 0 Å². The summed E-state index contributed by atoms with van der Waals surface area (Å²) in [6.07, 6.45) is 4.68. The molecule has 2 nitrogen and oxygen atoms in total. The molecule has 14 heavy (non-hydrogen) atoms. The van der Waals surface area contributed by atoms with Gasteiger partial charge in [0.2, 0.25) is 0 Å². The third kappa shape index (κ3) is 2.30. The molecule has 0 heterocycles. The van der Waals surface area contributed by atoms with Crippen LogP contribution in [-0.2, 0) is 0 Å². The van der Waals surface area contributed by atoms with Gasteiger partial charge in [0.1, 0.15) is 11.6 Å². The Kier molecular flexibility index (Phi) is 3.21. The van der Waals surface area contributed by atoms with E-state index < -0.39 is 11.9 Å². The topological polar surface area (TPSA) is 35.2 Å². The van der Waals surface area contributed by atoms with Crippen LogP contribution in [0, 0.1) is 18.2 Å². The average molecular weight is 214 g/mol. The fraction of sp³-hybridized carbons (Fsp3) is 0.200. The lowest BCUT2D eigenvalue weighted by atomic mass is 10.3. The number of rotatable bonds is 2. The summed E-state index contributed by atoms with van der Waals surface area (Å²) in [4.78, 5) is 0. The van der Waals surface area contributed by atoms with E-state index in [4.69, 9.17) is 28.5 Å². The molecule has 74 valence electrons. The molecule has 2 N–H and O–H groups in total. The highest BCUT2D eigenvalue weighted by molar-refractivity contribution is 6.32. The molecule has 0 saturated heterocycles. The van der Waals surface area contributed by atoms with Crippen LogP contribution in [0.15, 0.2) is 12.1 Å². The van der Waals surface area contributed by atoms with E-state index in [0.29, 0.717) is 0 Å². The number of benzene rings is 1. The summed E-state index contributed by atoms with van der Waals surface area (Å²) >= 11 is 5.71. The molecule has 0 aliphatic rings. The zero-order chi connectivity index (χ0) is 10.7. The van der Waals surface area contributed by atoms with Crippen molar-refractivity contribution >= 4 is 17.3 Å². The Bertz CT molecular complexity index is 386. The Morgan fingerprint density at radius 1 is 1.64 bits per heavy atom. The molecule has 1 aromatic rings. The van der Waals surface area contributed by atoms with Gasteiger partial charge >= 0.3 is 0 Å². The molecular formula is C10H9ClFNO. The van der Waals surface area contributed by atoms with E-state index in [9.17, 15) is 4.39 Å². The monoisotopic (exact) mass is 213 g/mol. The normalized spacial score (nSPS) is 11.9. The van der Waals surface area contributed by atoms with Gasteiger partial charge in [0, 0.05) is 6.07 Å². The van der Waals surface area contributed by atoms with Gasteiger partial charge in [-0.1, -0.05) is 17.5 Å². The van der Waals surface area contributed by atoms with E-state index in [1.165, 1.54) is 6.07 Å². The molecule has 0 spiro atoms. The van der Waals surface area contributed by atoms with Gasteiger partial charge in [-0.25, -0.2) is 4.39 Å². The van der Waals surface area contributed by atoms with Gasteiger partial charge in [0.05, 0.1) is 10.7 Å². The maximum atomic E-state index is 12.9. The summed E-state index contributed by atoms with van der Waals surface area (Å²) < 4.78 is 18.1. The molecular weight excluding hydrogens is 205 g/mol. The van der Waals surface area contributed by atoms with E-state index in [-0.39, 0.29) is 16.5 Å². The summed E-state index contributed by atoms with van der Waals surface area (Å²) in [5.41, 5.74) is 5.32. The van der Waals surface area contributed by atoms with Crippen molar-refractivity contribution in [2.24, 2.45) is 0 Å². The minimum Gasteiger partial charge on any atom is -0.476 e. The summed E-state index contributed by atoms with van der Waals surface area (Å²) in [7, 11) is 0. The number of nitrogen functional groups attached to an aromatic ring is 1. The zero-order valence-corrected chi connectivity index (χ0v) is 8.31. The molecule has 1 rings (SSSR count). The van der Waals surface area contributed by atoms with Crippen molar-refractivity contribution in [3.8, 4) is 18.1 Å². The van der Waals surface area contributed by atoms with E-state index in [2.05, 4.69) is 5.92 Å². The molecule has 0 amide bonds. The van der Waals surface area contributed by atoms with Crippen molar-refractivity contribution in [1.29, 1.82) is 0 Å². The number of ether oxygens (including phenoxy) is 1. The van der Waals surface area contributed by atoms with Gasteiger partial charge in [-0.2, -0.15) is 0 Å². The van der Waals surface area contributed by atoms with E-state index >= 15 is 0 Å². The summed E-state index contributed by atoms with van der Waals surface area (Å²) in [5, 5.41) is 0.152. The largest absolute Gasteiger partial charge is 0.476 e. The van der Waals surface area contributed by atoms with Crippen LogP contribution in [0.2, 0.25) is 5.02 Å². The standard InChI is InChI=1S/C10H9ClFNO/c1-3-6(2)14-10-5-9(13)8(12)4-7(10)11/h1,4-6H,13H2,2H3/t6-/m0/s1. The number of hydrogen-bond donors (Lipinski definition) is 1. The highest BCUT2D eigenvalue weighted by Gasteiger charge is 2.09. The third-order valence-corrected chi connectivity index (χ3v) is 1.89. The summed E-state index contributed by atoms with van der Waals surface area (Å²) in [6, 6.07) is 2.40. The smallest absolute Gasteiger partial charge is 0.156 e. The molecule has 0 aliphatic heterocycles. The number of hydrogen-bond acceptors (Lipinski definition) is 2. The molecule has 4 heteroatoms. The summed E-state index contributed by atoms with van der Waals surface area (Å²) in [5.74, 6) is 2.07. The van der Waals surface area contributed by atoms with Gasteiger partial charge in [-0.15, -0.1) is 6.42 Å². The number of terminal acetylenes is 1. The van der Waals surface area contributed by atoms with Crippen molar-refractivity contribution in [2.75, 3.05) is 5.73 Å². The predicted octanol–water partition coefficient (Wildman–Crippen LogP) is 2.46. The molecule has 0 aliphatic carbocycles. The van der Waals surface area contributed by atoms with Crippen LogP contribution < -0.4 is 10.5 Å². The first-order valence-corrected chi connectivity index (χ1v) is 4.29. The maximum Gasteiger partial charge on any atom is 0.156 e. The Morgan fingerprint density at radius 3 is 2.86 bits per heavy atom. The Morgan fingerprint density at radius 2 is 2.29 bits per heavy atom. The second-order valence-electron chi connectivity index (χ2n) is 2.73. The third-order valence-electron chi connectivity index (χ3n) is 1.59. The lowest BCUT2D eigenvalue weighted by Crippen LogP contribution is -2.09. The lowest BCUT2D eigenvalue weighted by molar-refractivity contribution is 0.279. The molecule has 1 aromatic carbocycles. The second kappa shape index (κ2) is 4.21. The number of halogens is 2. The molecule has 0 radical (unpaired) electrons. The van der Waals surface area contributed by atoms with E-state index in [1.807, 2.05) is 0 Å². The quantitative estimate of drug-likeness (QED) is 0.605. The van der Waals surface area contributed by atoms with Crippen LogP contribution in [0.5, 0.6) is 5.75 Å². The number of anilines is 1. The van der Waals surface area contributed by atoms with Crippen molar-refractivity contribution < 1.29 is 9.13 Å². The molecule has 0 unspecified atom stereocenters. The fourth-order valence-electron chi connectivity index (χ4n) is 0.860. The Balaban J connectivity index is 2.99. The van der Waals surface area contributed by atoms with Gasteiger partial charge in [0.15, 0.2) is 6.10 Å². The minimum atomic E-state index is -0.573. The van der Waals surface area contributed by atoms with Crippen LogP contribution in [0.4, 0.5) is 10.1 Å². The molecule has 0 fully saturated rings. The molecule has 0 saturated carbocycles. The SMILES string of the molecule is C#C[C@H](C)Oc1cc(N)c(F)cc1Cl. The summed E-state index contributed by atoms with van der Waals surface area (Å²) in [6.45, 7) is 1.68. The van der Waals surface area contributed by atoms with Crippen LogP contribution in [0.1, 0.15) is 6.92 Å². The van der Waals surface area contributed by atoms with E-state index in [0.717, 1.165) is 6.07 Å². The van der Waals surface area contributed by atoms with Crippen LogP contribution in [0.25, 0.3) is 0 Å². The maximum absolute atomic E-state index is 12.9. The highest BCUT2D eigenvalue weighted by Crippen LogP contribution is 2.29. The van der Waals surface area contributed by atoms with Gasteiger partial charge < -0.3 is 10.5 Å². The Labute approximate surface area is 86.8 Å². The first-order valence-electron chi connectivity index (χ1n) is 3.92. The molecule has 1 atom stereocenters. The van der Waals surface area contributed by atoms with Crippen molar-refractivity contribution in [3.05, 3.63) is 23.0 Å². The molecule has 0 aromatic heterocycles. The Hall–Kier alpha value is -1.40. The second-order valence-corrected chi connectivity index (χ2v) is 3.14. The first-order chi connectivity index (χ1) is 6.54. The fourth-order valence-corrected chi connectivity index (χ4v) is 1.05. The van der Waals surface area contributed by atoms with E-state index in [1.54, 1.807) is 6.92 Å². The van der Waals surface area contributed by atoms with Crippen molar-refractivity contribution in [1.82, 2.24) is 0 Å². The first kappa shape index (κ1) is 10.7. The van der Waals surface area contributed by atoms with Crippen LogP contribution >= 0.6 is 11.6 Å². The highest BCUT2D eigenvalue weighted by atomic mass is 35.5. The van der Waals surface area contributed by atoms with Crippen molar-refractivity contribution in [2.45, 2.75) is 13.0 Å². The van der Waals surface area contributed by atoms with Gasteiger partial charge in [0.25, 0.3) is 0 Å². The lowest BCUT2D eigenvalue weighted by Gasteiger charge is -2.11. The van der Waals surface area contributed by atoms with Gasteiger partial charge in [-0.3, -0.25) is 0 Å². The van der Waals surface area contributed by atoms with Crippen molar-refractivity contribution in [3.63, 3.8) is 0 Å².